The number of allylic oxidation sites excluding steroid dienone is 13. The summed E-state index contributed by atoms with van der Waals surface area (Å²) in [5, 5.41) is 3.00. The van der Waals surface area contributed by atoms with Gasteiger partial charge in [-0.2, -0.15) is 0 Å². The first-order valence-electron chi connectivity index (χ1n) is 29.4. The zero-order valence-corrected chi connectivity index (χ0v) is 48.3. The minimum absolute atomic E-state index is 0.0354. The summed E-state index contributed by atoms with van der Waals surface area (Å²) >= 11 is 0. The van der Waals surface area contributed by atoms with Crippen molar-refractivity contribution < 1.29 is 37.3 Å². The lowest BCUT2D eigenvalue weighted by molar-refractivity contribution is -0.870. The molecule has 0 heterocycles. The summed E-state index contributed by atoms with van der Waals surface area (Å²) in [4.78, 5) is 39.8. The van der Waals surface area contributed by atoms with Crippen LogP contribution in [0.15, 0.2) is 85.1 Å². The van der Waals surface area contributed by atoms with Crippen LogP contribution in [-0.2, 0) is 27.9 Å². The number of rotatable bonds is 52. The SMILES string of the molecule is CC/C=C\C/C=C\C/C=C\C/C=C\C/C=C\C/C=C\CCC(=O)OC(/C=C/CCCCCCCCCCCC)C(COP(=O)([O-])OCC[N+](C)(C)C)NC(=O)CCCCCCCCCCCCCCCCC. The monoisotopic (exact) mass is 1030 g/mol. The second-order valence-corrected chi connectivity index (χ2v) is 22.2. The quantitative estimate of drug-likeness (QED) is 0.0212. The Bertz CT molecular complexity index is 1510. The third kappa shape index (κ3) is 52.1. The third-order valence-electron chi connectivity index (χ3n) is 12.6. The topological polar surface area (TPSA) is 114 Å². The maximum atomic E-state index is 13.5. The van der Waals surface area contributed by atoms with Crippen molar-refractivity contribution >= 4 is 19.7 Å². The van der Waals surface area contributed by atoms with Crippen LogP contribution in [0.3, 0.4) is 0 Å². The van der Waals surface area contributed by atoms with Gasteiger partial charge in [-0.25, -0.2) is 0 Å². The molecule has 0 saturated carbocycles. The van der Waals surface area contributed by atoms with E-state index in [0.717, 1.165) is 77.0 Å². The number of hydrogen-bond donors (Lipinski definition) is 1. The summed E-state index contributed by atoms with van der Waals surface area (Å²) in [5.41, 5.74) is 0. The number of nitrogens with zero attached hydrogens (tertiary/aromatic N) is 1. The Morgan fingerprint density at radius 1 is 0.500 bits per heavy atom. The zero-order chi connectivity index (χ0) is 52.9. The third-order valence-corrected chi connectivity index (χ3v) is 13.6. The van der Waals surface area contributed by atoms with Gasteiger partial charge in [0.25, 0.3) is 7.82 Å². The molecule has 0 bridgehead atoms. The lowest BCUT2D eigenvalue weighted by atomic mass is 10.0. The van der Waals surface area contributed by atoms with Crippen LogP contribution < -0.4 is 10.2 Å². The molecule has 3 unspecified atom stereocenters. The Hall–Kier alpha value is -2.81. The van der Waals surface area contributed by atoms with Gasteiger partial charge in [0.1, 0.15) is 19.3 Å². The molecule has 0 aromatic heterocycles. The molecule has 0 spiro atoms. The number of hydrogen-bond acceptors (Lipinski definition) is 7. The molecule has 1 amide bonds. The highest BCUT2D eigenvalue weighted by Gasteiger charge is 2.27. The number of likely N-dealkylation sites (N-methyl/N-ethyl adjacent to an activating group) is 1. The molecule has 0 aromatic rings. The molecule has 9 nitrogen and oxygen atoms in total. The molecular weight excluding hydrogens is 916 g/mol. The fourth-order valence-corrected chi connectivity index (χ4v) is 8.80. The Labute approximate surface area is 444 Å². The average Bonchev–Trinajstić information content (AvgIpc) is 3.34. The first-order valence-corrected chi connectivity index (χ1v) is 30.9. The zero-order valence-electron chi connectivity index (χ0n) is 47.4. The second-order valence-electron chi connectivity index (χ2n) is 20.8. The molecule has 1 N–H and O–H groups in total. The summed E-state index contributed by atoms with van der Waals surface area (Å²) < 4.78 is 30.2. The molecule has 0 aliphatic rings. The maximum Gasteiger partial charge on any atom is 0.306 e. The number of carbonyl (C=O) groups is 2. The number of phosphoric acid groups is 1. The van der Waals surface area contributed by atoms with Crippen LogP contribution in [0.1, 0.15) is 245 Å². The van der Waals surface area contributed by atoms with Crippen molar-refractivity contribution in [1.82, 2.24) is 5.32 Å². The van der Waals surface area contributed by atoms with Crippen LogP contribution in [0.5, 0.6) is 0 Å². The molecule has 0 aliphatic heterocycles. The molecule has 0 aromatic carbocycles. The first kappa shape index (κ1) is 69.2. The van der Waals surface area contributed by atoms with Gasteiger partial charge in [0.05, 0.1) is 33.8 Å². The molecule has 0 rings (SSSR count). The van der Waals surface area contributed by atoms with Gasteiger partial charge in [0.15, 0.2) is 0 Å². The number of amides is 1. The minimum atomic E-state index is -4.71. The smallest absolute Gasteiger partial charge is 0.306 e. The largest absolute Gasteiger partial charge is 0.756 e. The van der Waals surface area contributed by atoms with E-state index < -0.39 is 32.5 Å². The van der Waals surface area contributed by atoms with E-state index >= 15 is 0 Å². The van der Waals surface area contributed by atoms with Gasteiger partial charge in [0, 0.05) is 12.8 Å². The van der Waals surface area contributed by atoms with Crippen molar-refractivity contribution in [1.29, 1.82) is 0 Å². The molecule has 0 radical (unpaired) electrons. The fraction of sp³-hybridized carbons (Fsp3) is 0.742. The van der Waals surface area contributed by atoms with Crippen molar-refractivity contribution in [3.05, 3.63) is 85.1 Å². The highest BCUT2D eigenvalue weighted by Crippen LogP contribution is 2.38. The number of carbonyl (C=O) groups excluding carboxylic acids is 2. The molecule has 3 atom stereocenters. The van der Waals surface area contributed by atoms with E-state index in [1.807, 2.05) is 39.4 Å². The highest BCUT2D eigenvalue weighted by molar-refractivity contribution is 7.45. The van der Waals surface area contributed by atoms with Crippen LogP contribution in [-0.4, -0.2) is 69.4 Å². The number of esters is 1. The van der Waals surface area contributed by atoms with Gasteiger partial charge in [-0.05, 0) is 70.3 Å². The second kappa shape index (κ2) is 51.7. The Balaban J connectivity index is 5.44. The molecule has 0 aliphatic carbocycles. The van der Waals surface area contributed by atoms with E-state index in [9.17, 15) is 19.0 Å². The molecule has 72 heavy (non-hydrogen) atoms. The molecular formula is C62H111N2O7P. The molecule has 416 valence electrons. The maximum absolute atomic E-state index is 13.5. The van der Waals surface area contributed by atoms with Crippen LogP contribution in [0.25, 0.3) is 0 Å². The van der Waals surface area contributed by atoms with Crippen molar-refractivity contribution in [2.45, 2.75) is 258 Å². The summed E-state index contributed by atoms with van der Waals surface area (Å²) in [6.45, 7) is 6.68. The first-order chi connectivity index (χ1) is 34.9. The van der Waals surface area contributed by atoms with E-state index in [0.29, 0.717) is 23.9 Å². The predicted molar refractivity (Wildman–Crippen MR) is 307 cm³/mol. The van der Waals surface area contributed by atoms with E-state index in [4.69, 9.17) is 13.8 Å². The summed E-state index contributed by atoms with van der Waals surface area (Å²) in [6.07, 6.45) is 67.0. The van der Waals surface area contributed by atoms with Gasteiger partial charge in [-0.15, -0.1) is 0 Å². The number of nitrogens with one attached hydrogen (secondary N) is 1. The average molecular weight is 1030 g/mol. The van der Waals surface area contributed by atoms with Crippen LogP contribution in [0.2, 0.25) is 0 Å². The van der Waals surface area contributed by atoms with Gasteiger partial charge < -0.3 is 28.5 Å². The summed E-state index contributed by atoms with van der Waals surface area (Å²) in [7, 11) is 1.14. The van der Waals surface area contributed by atoms with E-state index in [-0.39, 0.29) is 18.9 Å². The lowest BCUT2D eigenvalue weighted by Crippen LogP contribution is -2.47. The van der Waals surface area contributed by atoms with Gasteiger partial charge in [-0.3, -0.25) is 14.2 Å². The predicted octanol–water partition coefficient (Wildman–Crippen LogP) is 17.2. The minimum Gasteiger partial charge on any atom is -0.756 e. The normalized spacial score (nSPS) is 14.4. The van der Waals surface area contributed by atoms with E-state index in [1.54, 1.807) is 6.08 Å². The Morgan fingerprint density at radius 2 is 0.903 bits per heavy atom. The highest BCUT2D eigenvalue weighted by atomic mass is 31.2. The van der Waals surface area contributed by atoms with Crippen LogP contribution in [0, 0.1) is 0 Å². The van der Waals surface area contributed by atoms with Crippen LogP contribution >= 0.6 is 7.82 Å². The number of phosphoric ester groups is 1. The summed E-state index contributed by atoms with van der Waals surface area (Å²) in [5.74, 6) is -0.638. The van der Waals surface area contributed by atoms with Gasteiger partial charge >= 0.3 is 5.97 Å². The number of quaternary nitrogens is 1. The van der Waals surface area contributed by atoms with Crippen molar-refractivity contribution in [3.63, 3.8) is 0 Å². The fourth-order valence-electron chi connectivity index (χ4n) is 8.08. The number of unbranched alkanes of at least 4 members (excludes halogenated alkanes) is 24. The number of ether oxygens (including phenoxy) is 1. The molecule has 0 saturated heterocycles. The standard InChI is InChI=1S/C62H111N2O7P/c1-7-10-13-16-19-22-25-28-30-31-32-33-35-37-40-43-46-49-52-55-62(66)71-60(53-50-47-44-41-38-27-24-21-18-15-12-9-3)59(58-70-72(67,68)69-57-56-64(4,5)6)63-61(65)54-51-48-45-42-39-36-34-29-26-23-20-17-14-11-8-2/h10,13,19,22,28,30,32-33,37,40,46,49-50,53,59-60H,7-9,11-12,14-18,20-21,23-27,29,31,34-36,38-39,41-45,47-48,51-52,54-58H2,1-6H3,(H-,63,65,67,68)/b13-10-,22-19-,30-28-,33-32-,40-37-,49-46-,53-50+. The van der Waals surface area contributed by atoms with Crippen molar-refractivity contribution in [2.75, 3.05) is 40.9 Å². The molecule has 10 heteroatoms. The van der Waals surface area contributed by atoms with Crippen LogP contribution in [0.4, 0.5) is 0 Å². The Morgan fingerprint density at radius 3 is 1.33 bits per heavy atom. The van der Waals surface area contributed by atoms with Gasteiger partial charge in [-0.1, -0.05) is 247 Å². The van der Waals surface area contributed by atoms with Crippen molar-refractivity contribution in [3.8, 4) is 0 Å². The van der Waals surface area contributed by atoms with Crippen molar-refractivity contribution in [2.24, 2.45) is 0 Å². The lowest BCUT2D eigenvalue weighted by Gasteiger charge is -2.30. The summed E-state index contributed by atoms with van der Waals surface area (Å²) in [6, 6.07) is -0.920. The Kier molecular flexibility index (Phi) is 49.6. The van der Waals surface area contributed by atoms with E-state index in [2.05, 4.69) is 86.8 Å². The molecule has 0 fully saturated rings. The van der Waals surface area contributed by atoms with Gasteiger partial charge in [0.2, 0.25) is 5.91 Å². The van der Waals surface area contributed by atoms with E-state index in [1.165, 1.54) is 128 Å².